The highest BCUT2D eigenvalue weighted by molar-refractivity contribution is 6.08. The monoisotopic (exact) mass is 403 g/mol. The molecular weight excluding hydrogens is 378 g/mol. The summed E-state index contributed by atoms with van der Waals surface area (Å²) in [4.78, 5) is 29.4. The molecule has 2 heterocycles. The molecule has 0 aliphatic carbocycles. The summed E-state index contributed by atoms with van der Waals surface area (Å²) in [5.41, 5.74) is 0.693. The van der Waals surface area contributed by atoms with Crippen molar-refractivity contribution in [3.63, 3.8) is 0 Å². The van der Waals surface area contributed by atoms with E-state index in [0.717, 1.165) is 49.0 Å². The fourth-order valence-corrected chi connectivity index (χ4v) is 4.21. The fourth-order valence-electron chi connectivity index (χ4n) is 4.21. The van der Waals surface area contributed by atoms with Gasteiger partial charge >= 0.3 is 0 Å². The van der Waals surface area contributed by atoms with Gasteiger partial charge in [-0.25, -0.2) is 0 Å². The van der Waals surface area contributed by atoms with E-state index in [2.05, 4.69) is 5.32 Å². The Labute approximate surface area is 171 Å². The van der Waals surface area contributed by atoms with Crippen LogP contribution in [0.5, 0.6) is 5.75 Å². The molecule has 28 heavy (non-hydrogen) atoms. The highest BCUT2D eigenvalue weighted by atomic mass is 35.5. The molecule has 0 radical (unpaired) electrons. The number of piperazine rings is 1. The van der Waals surface area contributed by atoms with E-state index < -0.39 is 0 Å². The highest BCUT2D eigenvalue weighted by Crippen LogP contribution is 2.30. The van der Waals surface area contributed by atoms with Gasteiger partial charge in [0.2, 0.25) is 5.91 Å². The Hall–Kier alpha value is -2.31. The van der Waals surface area contributed by atoms with Gasteiger partial charge in [-0.3, -0.25) is 9.59 Å². The molecule has 2 fully saturated rings. The van der Waals surface area contributed by atoms with Gasteiger partial charge in [-0.2, -0.15) is 0 Å². The third-order valence-corrected chi connectivity index (χ3v) is 5.58. The SMILES string of the molecule is COc1ccc(C(=O)N2CCCC(N3CCNCC3=O)C2)c2ccccc12.Cl. The number of carbonyl (C=O) groups excluding carboxylic acids is 2. The van der Waals surface area contributed by atoms with E-state index in [9.17, 15) is 9.59 Å². The molecule has 2 saturated heterocycles. The summed E-state index contributed by atoms with van der Waals surface area (Å²) in [7, 11) is 1.64. The molecule has 0 spiro atoms. The normalized spacial score (nSPS) is 20.0. The number of hydrogen-bond donors (Lipinski definition) is 1. The smallest absolute Gasteiger partial charge is 0.254 e. The Morgan fingerprint density at radius 1 is 1.14 bits per heavy atom. The molecule has 150 valence electrons. The summed E-state index contributed by atoms with van der Waals surface area (Å²) in [5, 5.41) is 4.96. The molecule has 1 N–H and O–H groups in total. The van der Waals surface area contributed by atoms with Gasteiger partial charge in [0.15, 0.2) is 0 Å². The molecule has 0 saturated carbocycles. The van der Waals surface area contributed by atoms with Gasteiger partial charge in [0.25, 0.3) is 5.91 Å². The van der Waals surface area contributed by atoms with Crippen LogP contribution in [0, 0.1) is 0 Å². The van der Waals surface area contributed by atoms with Crippen LogP contribution < -0.4 is 10.1 Å². The third-order valence-electron chi connectivity index (χ3n) is 5.58. The van der Waals surface area contributed by atoms with Gasteiger partial charge in [-0.1, -0.05) is 24.3 Å². The van der Waals surface area contributed by atoms with Crippen molar-refractivity contribution in [3.05, 3.63) is 42.0 Å². The molecule has 1 atom stereocenters. The molecule has 6 nitrogen and oxygen atoms in total. The number of piperidine rings is 1. The molecular formula is C21H26ClN3O3. The molecule has 2 aromatic carbocycles. The number of ether oxygens (including phenoxy) is 1. The number of nitrogens with one attached hydrogen (secondary N) is 1. The molecule has 2 aliphatic heterocycles. The van der Waals surface area contributed by atoms with Crippen molar-refractivity contribution in [2.75, 3.05) is 39.8 Å². The second-order valence-electron chi connectivity index (χ2n) is 7.17. The zero-order chi connectivity index (χ0) is 18.8. The Balaban J connectivity index is 0.00000225. The van der Waals surface area contributed by atoms with Gasteiger partial charge in [0.05, 0.1) is 13.7 Å². The average Bonchev–Trinajstić information content (AvgIpc) is 2.73. The molecule has 4 rings (SSSR count). The zero-order valence-electron chi connectivity index (χ0n) is 16.0. The molecule has 0 aromatic heterocycles. The summed E-state index contributed by atoms with van der Waals surface area (Å²) in [6, 6.07) is 11.7. The van der Waals surface area contributed by atoms with Crippen LogP contribution in [-0.2, 0) is 4.79 Å². The van der Waals surface area contributed by atoms with E-state index >= 15 is 0 Å². The number of nitrogens with zero attached hydrogens (tertiary/aromatic N) is 2. The quantitative estimate of drug-likeness (QED) is 0.854. The Morgan fingerprint density at radius 2 is 1.93 bits per heavy atom. The van der Waals surface area contributed by atoms with Gasteiger partial charge in [-0.05, 0) is 30.4 Å². The fraction of sp³-hybridized carbons (Fsp3) is 0.429. The Morgan fingerprint density at radius 3 is 2.68 bits per heavy atom. The summed E-state index contributed by atoms with van der Waals surface area (Å²) >= 11 is 0. The topological polar surface area (TPSA) is 61.9 Å². The largest absolute Gasteiger partial charge is 0.496 e. The standard InChI is InChI=1S/C21H25N3O3.ClH/c1-27-19-9-8-18(16-6-2-3-7-17(16)19)21(26)23-11-4-5-15(14-23)24-12-10-22-13-20(24)25;/h2-3,6-9,15,22H,4-5,10-14H2,1H3;1H. The number of halogens is 1. The van der Waals surface area contributed by atoms with E-state index in [4.69, 9.17) is 4.74 Å². The molecule has 0 bridgehead atoms. The Bertz CT molecular complexity index is 873. The number of amides is 2. The molecule has 2 aromatic rings. The second-order valence-corrected chi connectivity index (χ2v) is 7.17. The molecule has 1 unspecified atom stereocenters. The van der Waals surface area contributed by atoms with Crippen LogP contribution in [0.25, 0.3) is 10.8 Å². The van der Waals surface area contributed by atoms with Gasteiger partial charge in [0.1, 0.15) is 5.75 Å². The van der Waals surface area contributed by atoms with E-state index in [1.54, 1.807) is 7.11 Å². The summed E-state index contributed by atoms with van der Waals surface area (Å²) in [6.07, 6.45) is 1.88. The lowest BCUT2D eigenvalue weighted by atomic mass is 9.99. The van der Waals surface area contributed by atoms with Crippen LogP contribution >= 0.6 is 12.4 Å². The first-order valence-corrected chi connectivity index (χ1v) is 9.54. The summed E-state index contributed by atoms with van der Waals surface area (Å²) in [5.74, 6) is 0.932. The van der Waals surface area contributed by atoms with Crippen LogP contribution in [-0.4, -0.2) is 67.5 Å². The predicted molar refractivity (Wildman–Crippen MR) is 111 cm³/mol. The number of fused-ring (bicyclic) bond motifs is 1. The van der Waals surface area contributed by atoms with Crippen LogP contribution in [0.1, 0.15) is 23.2 Å². The summed E-state index contributed by atoms with van der Waals surface area (Å²) < 4.78 is 5.44. The maximum atomic E-state index is 13.3. The van der Waals surface area contributed by atoms with Crippen LogP contribution in [0.2, 0.25) is 0 Å². The van der Waals surface area contributed by atoms with Gasteiger partial charge < -0.3 is 19.9 Å². The Kier molecular flexibility index (Phi) is 6.42. The lowest BCUT2D eigenvalue weighted by molar-refractivity contribution is -0.135. The minimum Gasteiger partial charge on any atom is -0.496 e. The van der Waals surface area contributed by atoms with E-state index in [1.165, 1.54) is 0 Å². The first-order valence-electron chi connectivity index (χ1n) is 9.54. The molecule has 2 amide bonds. The maximum absolute atomic E-state index is 13.3. The van der Waals surface area contributed by atoms with Crippen molar-refractivity contribution >= 4 is 35.0 Å². The predicted octanol–water partition coefficient (Wildman–Crippen LogP) is 2.31. The second kappa shape index (κ2) is 8.80. The maximum Gasteiger partial charge on any atom is 0.254 e. The number of rotatable bonds is 3. The highest BCUT2D eigenvalue weighted by Gasteiger charge is 2.32. The van der Waals surface area contributed by atoms with Crippen LogP contribution in [0.15, 0.2) is 36.4 Å². The van der Waals surface area contributed by atoms with E-state index in [0.29, 0.717) is 18.7 Å². The van der Waals surface area contributed by atoms with Crippen molar-refractivity contribution in [1.82, 2.24) is 15.1 Å². The van der Waals surface area contributed by atoms with Crippen molar-refractivity contribution < 1.29 is 14.3 Å². The van der Waals surface area contributed by atoms with Crippen molar-refractivity contribution in [2.45, 2.75) is 18.9 Å². The van der Waals surface area contributed by atoms with Gasteiger partial charge in [0, 0.05) is 43.2 Å². The first kappa shape index (κ1) is 20.4. The van der Waals surface area contributed by atoms with Gasteiger partial charge in [-0.15, -0.1) is 12.4 Å². The number of carbonyl (C=O) groups is 2. The molecule has 7 heteroatoms. The number of methoxy groups -OCH3 is 1. The van der Waals surface area contributed by atoms with Crippen molar-refractivity contribution in [1.29, 1.82) is 0 Å². The lowest BCUT2D eigenvalue weighted by Crippen LogP contribution is -2.57. The first-order chi connectivity index (χ1) is 13.2. The zero-order valence-corrected chi connectivity index (χ0v) is 16.8. The van der Waals surface area contributed by atoms with Crippen LogP contribution in [0.3, 0.4) is 0 Å². The van der Waals surface area contributed by atoms with Crippen LogP contribution in [0.4, 0.5) is 0 Å². The number of benzene rings is 2. The number of likely N-dealkylation sites (tertiary alicyclic amines) is 1. The van der Waals surface area contributed by atoms with E-state index in [-0.39, 0.29) is 30.3 Å². The van der Waals surface area contributed by atoms with Crippen molar-refractivity contribution in [2.24, 2.45) is 0 Å². The number of hydrogen-bond acceptors (Lipinski definition) is 4. The summed E-state index contributed by atoms with van der Waals surface area (Å²) in [6.45, 7) is 3.27. The minimum atomic E-state index is 0. The van der Waals surface area contributed by atoms with Crippen molar-refractivity contribution in [3.8, 4) is 5.75 Å². The average molecular weight is 404 g/mol. The lowest BCUT2D eigenvalue weighted by Gasteiger charge is -2.41. The third kappa shape index (κ3) is 3.80. The molecule has 2 aliphatic rings. The van der Waals surface area contributed by atoms with E-state index in [1.807, 2.05) is 46.2 Å². The minimum absolute atomic E-state index is 0.